The fourth-order valence-corrected chi connectivity index (χ4v) is 3.26. The number of aryl methyl sites for hydroxylation is 1. The Morgan fingerprint density at radius 2 is 2.10 bits per heavy atom. The lowest BCUT2D eigenvalue weighted by atomic mass is 10.3. The molecule has 0 saturated heterocycles. The van der Waals surface area contributed by atoms with Crippen molar-refractivity contribution in [2.24, 2.45) is 7.05 Å². The van der Waals surface area contributed by atoms with E-state index in [2.05, 4.69) is 4.98 Å². The third-order valence-corrected chi connectivity index (χ3v) is 4.44. The molecular formula is C12H16N4O3S. The van der Waals surface area contributed by atoms with Crippen LogP contribution in [-0.4, -0.2) is 36.2 Å². The van der Waals surface area contributed by atoms with Crippen molar-refractivity contribution in [2.45, 2.75) is 5.03 Å². The number of nitrogens with two attached hydrogens (primary N) is 1. The average Bonchev–Trinajstić information content (AvgIpc) is 2.84. The second-order valence-electron chi connectivity index (χ2n) is 4.24. The number of rotatable bonds is 5. The molecule has 7 nitrogen and oxygen atoms in total. The van der Waals surface area contributed by atoms with Gasteiger partial charge in [0.05, 0.1) is 30.9 Å². The fourth-order valence-electron chi connectivity index (χ4n) is 1.81. The van der Waals surface area contributed by atoms with E-state index in [0.717, 1.165) is 4.31 Å². The van der Waals surface area contributed by atoms with E-state index in [4.69, 9.17) is 10.8 Å². The number of hydrogen-bond acceptors (Lipinski definition) is 5. The predicted molar refractivity (Wildman–Crippen MR) is 75.7 cm³/mol. The van der Waals surface area contributed by atoms with Gasteiger partial charge in [0, 0.05) is 13.2 Å². The summed E-state index contributed by atoms with van der Waals surface area (Å²) in [7, 11) is -2.18. The van der Waals surface area contributed by atoms with E-state index in [9.17, 15) is 8.42 Å². The quantitative estimate of drug-likeness (QED) is 0.767. The number of aliphatic hydroxyl groups is 1. The van der Waals surface area contributed by atoms with Crippen LogP contribution in [0.4, 0.5) is 11.4 Å². The summed E-state index contributed by atoms with van der Waals surface area (Å²) < 4.78 is 27.7. The van der Waals surface area contributed by atoms with Crippen LogP contribution in [0.1, 0.15) is 0 Å². The molecule has 0 aliphatic carbocycles. The van der Waals surface area contributed by atoms with Crippen molar-refractivity contribution in [3.63, 3.8) is 0 Å². The summed E-state index contributed by atoms with van der Waals surface area (Å²) in [5.41, 5.74) is 6.46. The van der Waals surface area contributed by atoms with E-state index in [0.29, 0.717) is 11.4 Å². The van der Waals surface area contributed by atoms with Crippen LogP contribution in [0.3, 0.4) is 0 Å². The number of hydrogen-bond donors (Lipinski definition) is 2. The summed E-state index contributed by atoms with van der Waals surface area (Å²) in [4.78, 5) is 3.86. The normalized spacial score (nSPS) is 11.5. The highest BCUT2D eigenvalue weighted by molar-refractivity contribution is 7.92. The number of aromatic nitrogens is 2. The molecule has 0 aliphatic rings. The molecule has 8 heteroatoms. The van der Waals surface area contributed by atoms with E-state index in [-0.39, 0.29) is 18.2 Å². The Labute approximate surface area is 117 Å². The zero-order chi connectivity index (χ0) is 14.8. The Hall–Kier alpha value is -2.06. The molecule has 0 saturated carbocycles. The number of nitrogens with zero attached hydrogens (tertiary/aromatic N) is 3. The van der Waals surface area contributed by atoms with Crippen molar-refractivity contribution in [3.8, 4) is 0 Å². The van der Waals surface area contributed by atoms with Crippen LogP contribution < -0.4 is 10.0 Å². The Morgan fingerprint density at radius 3 is 2.65 bits per heavy atom. The van der Waals surface area contributed by atoms with Gasteiger partial charge in [-0.25, -0.2) is 4.98 Å². The van der Waals surface area contributed by atoms with E-state index >= 15 is 0 Å². The van der Waals surface area contributed by atoms with Crippen LogP contribution in [0.5, 0.6) is 0 Å². The van der Waals surface area contributed by atoms with Crippen LogP contribution >= 0.6 is 0 Å². The standard InChI is InChI=1S/C12H16N4O3S/c1-15-8-12(14-9-15)20(18,19)16(6-7-17)11-5-3-2-4-10(11)13/h2-5,8-9,17H,6-7,13H2,1H3. The van der Waals surface area contributed by atoms with Crippen LogP contribution in [0.2, 0.25) is 0 Å². The Morgan fingerprint density at radius 1 is 1.40 bits per heavy atom. The average molecular weight is 296 g/mol. The lowest BCUT2D eigenvalue weighted by Gasteiger charge is -2.23. The van der Waals surface area contributed by atoms with Crippen molar-refractivity contribution in [1.82, 2.24) is 9.55 Å². The van der Waals surface area contributed by atoms with Crippen molar-refractivity contribution in [2.75, 3.05) is 23.2 Å². The predicted octanol–water partition coefficient (Wildman–Crippen LogP) is 0.190. The first-order valence-electron chi connectivity index (χ1n) is 5.93. The summed E-state index contributed by atoms with van der Waals surface area (Å²) in [6, 6.07) is 6.59. The number of anilines is 2. The van der Waals surface area contributed by atoms with Gasteiger partial charge in [0.2, 0.25) is 0 Å². The molecule has 108 valence electrons. The van der Waals surface area contributed by atoms with Crippen molar-refractivity contribution in [1.29, 1.82) is 0 Å². The number of sulfonamides is 1. The van der Waals surface area contributed by atoms with Crippen molar-refractivity contribution < 1.29 is 13.5 Å². The van der Waals surface area contributed by atoms with Gasteiger partial charge in [-0.2, -0.15) is 8.42 Å². The van der Waals surface area contributed by atoms with Gasteiger partial charge in [-0.05, 0) is 12.1 Å². The molecule has 2 aromatic rings. The van der Waals surface area contributed by atoms with Crippen LogP contribution in [0.15, 0.2) is 41.8 Å². The van der Waals surface area contributed by atoms with E-state index in [1.54, 1.807) is 35.9 Å². The van der Waals surface area contributed by atoms with Gasteiger partial charge in [0.1, 0.15) is 0 Å². The maximum Gasteiger partial charge on any atom is 0.283 e. The number of imidazole rings is 1. The fraction of sp³-hybridized carbons (Fsp3) is 0.250. The third-order valence-electron chi connectivity index (χ3n) is 2.74. The number of para-hydroxylation sites is 2. The summed E-state index contributed by atoms with van der Waals surface area (Å²) >= 11 is 0. The topological polar surface area (TPSA) is 101 Å². The van der Waals surface area contributed by atoms with Gasteiger partial charge in [0.25, 0.3) is 10.0 Å². The summed E-state index contributed by atoms with van der Waals surface area (Å²) in [5, 5.41) is 9.05. The third kappa shape index (κ3) is 2.61. The highest BCUT2D eigenvalue weighted by Crippen LogP contribution is 2.27. The minimum atomic E-state index is -3.86. The Bertz CT molecular complexity index is 696. The van der Waals surface area contributed by atoms with Gasteiger partial charge in [-0.3, -0.25) is 4.31 Å². The van der Waals surface area contributed by atoms with Crippen molar-refractivity contribution >= 4 is 21.4 Å². The highest BCUT2D eigenvalue weighted by atomic mass is 32.2. The summed E-state index contributed by atoms with van der Waals surface area (Å²) in [6.45, 7) is -0.409. The van der Waals surface area contributed by atoms with Gasteiger partial charge in [-0.15, -0.1) is 0 Å². The van der Waals surface area contributed by atoms with Crippen LogP contribution in [0, 0.1) is 0 Å². The molecule has 1 aromatic carbocycles. The monoisotopic (exact) mass is 296 g/mol. The maximum atomic E-state index is 12.6. The molecule has 20 heavy (non-hydrogen) atoms. The highest BCUT2D eigenvalue weighted by Gasteiger charge is 2.27. The first-order valence-corrected chi connectivity index (χ1v) is 7.37. The first-order chi connectivity index (χ1) is 9.46. The van der Waals surface area contributed by atoms with E-state index in [1.165, 1.54) is 12.5 Å². The van der Waals surface area contributed by atoms with Crippen LogP contribution in [-0.2, 0) is 17.1 Å². The summed E-state index contributed by atoms with van der Waals surface area (Å²) in [6.07, 6.45) is 2.80. The molecule has 0 radical (unpaired) electrons. The lowest BCUT2D eigenvalue weighted by Crippen LogP contribution is -2.34. The largest absolute Gasteiger partial charge is 0.397 e. The van der Waals surface area contributed by atoms with E-state index in [1.807, 2.05) is 0 Å². The molecule has 1 aromatic heterocycles. The molecule has 1 heterocycles. The second kappa shape index (κ2) is 5.51. The van der Waals surface area contributed by atoms with Gasteiger partial charge in [0.15, 0.2) is 5.03 Å². The summed E-state index contributed by atoms with van der Waals surface area (Å²) in [5.74, 6) is 0. The number of aliphatic hydroxyl groups excluding tert-OH is 1. The molecular weight excluding hydrogens is 280 g/mol. The van der Waals surface area contributed by atoms with Gasteiger partial charge >= 0.3 is 0 Å². The molecule has 2 rings (SSSR count). The SMILES string of the molecule is Cn1cnc(S(=O)(=O)N(CCO)c2ccccc2N)c1. The number of benzene rings is 1. The molecule has 0 fully saturated rings. The maximum absolute atomic E-state index is 12.6. The number of nitrogen functional groups attached to an aromatic ring is 1. The van der Waals surface area contributed by atoms with Crippen molar-refractivity contribution in [3.05, 3.63) is 36.8 Å². The Kier molecular flexibility index (Phi) is 3.96. The molecule has 3 N–H and O–H groups in total. The zero-order valence-electron chi connectivity index (χ0n) is 11.0. The molecule has 0 bridgehead atoms. The minimum absolute atomic E-state index is 0.0864. The van der Waals surface area contributed by atoms with E-state index < -0.39 is 10.0 Å². The Balaban J connectivity index is 2.51. The lowest BCUT2D eigenvalue weighted by molar-refractivity contribution is 0.306. The second-order valence-corrected chi connectivity index (χ2v) is 6.05. The smallest absolute Gasteiger partial charge is 0.283 e. The zero-order valence-corrected chi connectivity index (χ0v) is 11.8. The molecule has 0 atom stereocenters. The molecule has 0 aliphatic heterocycles. The molecule has 0 spiro atoms. The van der Waals surface area contributed by atoms with Gasteiger partial charge < -0.3 is 15.4 Å². The first kappa shape index (κ1) is 14.4. The van der Waals surface area contributed by atoms with Gasteiger partial charge in [-0.1, -0.05) is 12.1 Å². The van der Waals surface area contributed by atoms with Crippen LogP contribution in [0.25, 0.3) is 0 Å². The molecule has 0 amide bonds. The minimum Gasteiger partial charge on any atom is -0.397 e. The molecule has 0 unspecified atom stereocenters.